The molecule has 0 radical (unpaired) electrons. The number of oxazole rings is 1. The number of carbonyl (C=O) groups is 2. The van der Waals surface area contributed by atoms with Crippen molar-refractivity contribution < 1.29 is 23.5 Å². The second-order valence-corrected chi connectivity index (χ2v) is 4.93. The van der Waals surface area contributed by atoms with E-state index < -0.39 is 11.9 Å². The number of ether oxygens (including phenoxy) is 2. The lowest BCUT2D eigenvalue weighted by Gasteiger charge is -1.96. The summed E-state index contributed by atoms with van der Waals surface area (Å²) in [4.78, 5) is 27.2. The standard InChI is InChI=1S/C13H10INO5/c1-18-12(16)9-10(13(17)19-2)20-11(15-9)7-3-5-8(14)6-4-7/h3-6H,1-2H3. The third kappa shape index (κ3) is 2.82. The van der Waals surface area contributed by atoms with Crippen molar-refractivity contribution >= 4 is 34.5 Å². The minimum absolute atomic E-state index is 0.155. The van der Waals surface area contributed by atoms with Gasteiger partial charge in [-0.3, -0.25) is 0 Å². The highest BCUT2D eigenvalue weighted by Gasteiger charge is 2.27. The fourth-order valence-electron chi connectivity index (χ4n) is 1.50. The van der Waals surface area contributed by atoms with E-state index in [4.69, 9.17) is 4.42 Å². The van der Waals surface area contributed by atoms with Gasteiger partial charge in [-0.25, -0.2) is 14.6 Å². The number of hydrogen-bond acceptors (Lipinski definition) is 6. The van der Waals surface area contributed by atoms with Crippen LogP contribution in [0, 0.1) is 3.57 Å². The van der Waals surface area contributed by atoms with Crippen molar-refractivity contribution in [3.8, 4) is 11.5 Å². The van der Waals surface area contributed by atoms with E-state index >= 15 is 0 Å². The van der Waals surface area contributed by atoms with Gasteiger partial charge in [0.1, 0.15) is 0 Å². The van der Waals surface area contributed by atoms with Gasteiger partial charge >= 0.3 is 11.9 Å². The number of aromatic nitrogens is 1. The lowest BCUT2D eigenvalue weighted by atomic mass is 10.2. The van der Waals surface area contributed by atoms with Gasteiger partial charge in [0.25, 0.3) is 0 Å². The molecule has 104 valence electrons. The summed E-state index contributed by atoms with van der Waals surface area (Å²) >= 11 is 2.16. The van der Waals surface area contributed by atoms with Crippen molar-refractivity contribution in [3.05, 3.63) is 39.3 Å². The molecule has 0 N–H and O–H groups in total. The van der Waals surface area contributed by atoms with Gasteiger partial charge in [-0.05, 0) is 46.9 Å². The Morgan fingerprint density at radius 3 is 2.25 bits per heavy atom. The third-order valence-corrected chi connectivity index (χ3v) is 3.19. The summed E-state index contributed by atoms with van der Waals surface area (Å²) in [6.07, 6.45) is 0. The summed E-state index contributed by atoms with van der Waals surface area (Å²) < 4.78 is 15.5. The summed E-state index contributed by atoms with van der Waals surface area (Å²) in [5.74, 6) is -1.66. The zero-order chi connectivity index (χ0) is 14.7. The van der Waals surface area contributed by atoms with Crippen LogP contribution in [0.4, 0.5) is 0 Å². The van der Waals surface area contributed by atoms with E-state index in [1.807, 2.05) is 12.1 Å². The molecule has 0 saturated carbocycles. The molecule has 0 aliphatic rings. The zero-order valence-electron chi connectivity index (χ0n) is 10.7. The van der Waals surface area contributed by atoms with Crippen molar-refractivity contribution in [2.75, 3.05) is 14.2 Å². The molecule has 0 bridgehead atoms. The molecule has 6 nitrogen and oxygen atoms in total. The Morgan fingerprint density at radius 1 is 1.10 bits per heavy atom. The van der Waals surface area contributed by atoms with Crippen LogP contribution in [-0.4, -0.2) is 31.1 Å². The van der Waals surface area contributed by atoms with E-state index in [-0.39, 0.29) is 17.3 Å². The molecule has 0 fully saturated rings. The monoisotopic (exact) mass is 387 g/mol. The van der Waals surface area contributed by atoms with E-state index in [1.54, 1.807) is 12.1 Å². The Balaban J connectivity index is 2.51. The molecule has 20 heavy (non-hydrogen) atoms. The Kier molecular flexibility index (Phi) is 4.38. The van der Waals surface area contributed by atoms with Crippen molar-refractivity contribution in [3.63, 3.8) is 0 Å². The number of carbonyl (C=O) groups excluding carboxylic acids is 2. The number of esters is 2. The maximum Gasteiger partial charge on any atom is 0.376 e. The highest BCUT2D eigenvalue weighted by molar-refractivity contribution is 14.1. The average Bonchev–Trinajstić information content (AvgIpc) is 2.91. The molecule has 7 heteroatoms. The largest absolute Gasteiger partial charge is 0.464 e. The van der Waals surface area contributed by atoms with Crippen LogP contribution in [0.1, 0.15) is 21.0 Å². The first-order valence-corrected chi connectivity index (χ1v) is 6.58. The number of halogens is 1. The van der Waals surface area contributed by atoms with Crippen LogP contribution < -0.4 is 0 Å². The minimum Gasteiger partial charge on any atom is -0.464 e. The van der Waals surface area contributed by atoms with Gasteiger partial charge in [-0.15, -0.1) is 0 Å². The van der Waals surface area contributed by atoms with E-state index in [9.17, 15) is 9.59 Å². The molecular weight excluding hydrogens is 377 g/mol. The number of nitrogens with zero attached hydrogens (tertiary/aromatic N) is 1. The maximum atomic E-state index is 11.6. The van der Waals surface area contributed by atoms with E-state index in [1.165, 1.54) is 14.2 Å². The van der Waals surface area contributed by atoms with Crippen molar-refractivity contribution in [2.24, 2.45) is 0 Å². The van der Waals surface area contributed by atoms with Gasteiger partial charge in [0.15, 0.2) is 0 Å². The summed E-state index contributed by atoms with van der Waals surface area (Å²) in [6, 6.07) is 7.26. The van der Waals surface area contributed by atoms with E-state index in [2.05, 4.69) is 37.0 Å². The van der Waals surface area contributed by atoms with Crippen LogP contribution in [0.3, 0.4) is 0 Å². The molecule has 1 aromatic carbocycles. The molecule has 1 heterocycles. The number of hydrogen-bond donors (Lipinski definition) is 0. The molecule has 2 rings (SSSR count). The lowest BCUT2D eigenvalue weighted by Crippen LogP contribution is -2.10. The Morgan fingerprint density at radius 2 is 1.70 bits per heavy atom. The van der Waals surface area contributed by atoms with Crippen LogP contribution in [-0.2, 0) is 9.47 Å². The average molecular weight is 387 g/mol. The van der Waals surface area contributed by atoms with Gasteiger partial charge in [-0.1, -0.05) is 0 Å². The first kappa shape index (κ1) is 14.5. The number of benzene rings is 1. The van der Waals surface area contributed by atoms with Gasteiger partial charge in [0.2, 0.25) is 17.3 Å². The van der Waals surface area contributed by atoms with Gasteiger partial charge in [0.05, 0.1) is 14.2 Å². The summed E-state index contributed by atoms with van der Waals surface area (Å²) in [5.41, 5.74) is 0.443. The zero-order valence-corrected chi connectivity index (χ0v) is 12.8. The Bertz CT molecular complexity index is 614. The number of methoxy groups -OCH3 is 2. The molecule has 0 atom stereocenters. The van der Waals surface area contributed by atoms with Crippen molar-refractivity contribution in [1.82, 2.24) is 4.98 Å². The number of rotatable bonds is 3. The van der Waals surface area contributed by atoms with Gasteiger partial charge in [-0.2, -0.15) is 0 Å². The molecular formula is C13H10INO5. The first-order chi connectivity index (χ1) is 9.56. The normalized spacial score (nSPS) is 10.2. The summed E-state index contributed by atoms with van der Waals surface area (Å²) in [6.45, 7) is 0. The molecule has 0 saturated heterocycles. The maximum absolute atomic E-state index is 11.6. The highest BCUT2D eigenvalue weighted by Crippen LogP contribution is 2.24. The van der Waals surface area contributed by atoms with Crippen LogP contribution >= 0.6 is 22.6 Å². The SMILES string of the molecule is COC(=O)c1nc(-c2ccc(I)cc2)oc1C(=O)OC. The highest BCUT2D eigenvalue weighted by atomic mass is 127. The lowest BCUT2D eigenvalue weighted by molar-refractivity contribution is 0.0527. The molecule has 0 aliphatic carbocycles. The molecule has 0 aliphatic heterocycles. The third-order valence-electron chi connectivity index (χ3n) is 2.47. The van der Waals surface area contributed by atoms with Crippen molar-refractivity contribution in [1.29, 1.82) is 0 Å². The quantitative estimate of drug-likeness (QED) is 0.595. The Labute approximate surface area is 128 Å². The summed E-state index contributed by atoms with van der Waals surface area (Å²) in [5, 5.41) is 0. The topological polar surface area (TPSA) is 78.6 Å². The van der Waals surface area contributed by atoms with Crippen molar-refractivity contribution in [2.45, 2.75) is 0 Å². The van der Waals surface area contributed by atoms with Crippen LogP contribution in [0.5, 0.6) is 0 Å². The van der Waals surface area contributed by atoms with Crippen LogP contribution in [0.2, 0.25) is 0 Å². The molecule has 1 aromatic heterocycles. The molecule has 0 spiro atoms. The molecule has 0 unspecified atom stereocenters. The van der Waals surface area contributed by atoms with E-state index in [0.717, 1.165) is 3.57 Å². The minimum atomic E-state index is -0.783. The predicted octanol–water partition coefficient (Wildman–Crippen LogP) is 2.52. The molecule has 2 aromatic rings. The Hall–Kier alpha value is -1.90. The predicted molar refractivity (Wildman–Crippen MR) is 77.3 cm³/mol. The van der Waals surface area contributed by atoms with Gasteiger partial charge < -0.3 is 13.9 Å². The first-order valence-electron chi connectivity index (χ1n) is 5.50. The smallest absolute Gasteiger partial charge is 0.376 e. The summed E-state index contributed by atoms with van der Waals surface area (Å²) in [7, 11) is 2.39. The molecule has 0 amide bonds. The van der Waals surface area contributed by atoms with E-state index in [0.29, 0.717) is 5.56 Å². The van der Waals surface area contributed by atoms with Crippen LogP contribution in [0.15, 0.2) is 28.7 Å². The van der Waals surface area contributed by atoms with Gasteiger partial charge in [0, 0.05) is 9.13 Å². The fourth-order valence-corrected chi connectivity index (χ4v) is 1.86. The van der Waals surface area contributed by atoms with Crippen LogP contribution in [0.25, 0.3) is 11.5 Å². The fraction of sp³-hybridized carbons (Fsp3) is 0.154. The second kappa shape index (κ2) is 6.04. The second-order valence-electron chi connectivity index (χ2n) is 3.69.